The number of nitrogens with zero attached hydrogens (tertiary/aromatic N) is 2. The molecule has 0 saturated carbocycles. The Kier molecular flexibility index (Phi) is 8.32. The van der Waals surface area contributed by atoms with Crippen LogP contribution in [0.1, 0.15) is 36.5 Å². The fourth-order valence-corrected chi connectivity index (χ4v) is 3.82. The van der Waals surface area contributed by atoms with Gasteiger partial charge in [-0.1, -0.05) is 44.2 Å². The first kappa shape index (κ1) is 23.1. The van der Waals surface area contributed by atoms with E-state index in [1.807, 2.05) is 18.2 Å². The number of rotatable bonds is 9. The van der Waals surface area contributed by atoms with Crippen LogP contribution < -0.4 is 14.8 Å². The summed E-state index contributed by atoms with van der Waals surface area (Å²) in [6.07, 6.45) is 0. The lowest BCUT2D eigenvalue weighted by Gasteiger charge is -2.34. The van der Waals surface area contributed by atoms with Gasteiger partial charge in [-0.15, -0.1) is 0 Å². The summed E-state index contributed by atoms with van der Waals surface area (Å²) in [5, 5.41) is 3.01. The van der Waals surface area contributed by atoms with E-state index in [1.165, 1.54) is 11.1 Å². The maximum absolute atomic E-state index is 12.4. The van der Waals surface area contributed by atoms with Gasteiger partial charge >= 0.3 is 0 Å². The Balaban J connectivity index is 1.39. The van der Waals surface area contributed by atoms with Crippen molar-refractivity contribution in [3.63, 3.8) is 0 Å². The van der Waals surface area contributed by atoms with Crippen molar-refractivity contribution in [2.24, 2.45) is 0 Å². The summed E-state index contributed by atoms with van der Waals surface area (Å²) in [6, 6.07) is 14.6. The fourth-order valence-electron chi connectivity index (χ4n) is 3.82. The molecule has 1 saturated heterocycles. The van der Waals surface area contributed by atoms with Gasteiger partial charge in [0.25, 0.3) is 0 Å². The number of carbonyl (C=O) groups is 1. The summed E-state index contributed by atoms with van der Waals surface area (Å²) >= 11 is 0. The monoisotopic (exact) mass is 425 g/mol. The molecule has 1 fully saturated rings. The third kappa shape index (κ3) is 6.71. The molecular formula is C25H35N3O3. The molecular weight excluding hydrogens is 390 g/mol. The Labute approximate surface area is 186 Å². The van der Waals surface area contributed by atoms with Gasteiger partial charge in [0.1, 0.15) is 0 Å². The molecule has 1 N–H and O–H groups in total. The summed E-state index contributed by atoms with van der Waals surface area (Å²) in [4.78, 5) is 17.1. The Morgan fingerprint density at radius 3 is 2.13 bits per heavy atom. The van der Waals surface area contributed by atoms with Crippen LogP contribution in [0.4, 0.5) is 0 Å². The molecule has 0 bridgehead atoms. The van der Waals surface area contributed by atoms with Gasteiger partial charge in [0.05, 0.1) is 20.8 Å². The highest BCUT2D eigenvalue weighted by Gasteiger charge is 2.19. The molecule has 31 heavy (non-hydrogen) atoms. The second-order valence-electron chi connectivity index (χ2n) is 8.41. The van der Waals surface area contributed by atoms with E-state index in [-0.39, 0.29) is 5.91 Å². The maximum atomic E-state index is 12.4. The Morgan fingerprint density at radius 2 is 1.52 bits per heavy atom. The number of hydrogen-bond donors (Lipinski definition) is 1. The number of piperazine rings is 1. The van der Waals surface area contributed by atoms with E-state index < -0.39 is 0 Å². The van der Waals surface area contributed by atoms with Crippen LogP contribution in [0.15, 0.2) is 42.5 Å². The van der Waals surface area contributed by atoms with Crippen molar-refractivity contribution in [2.45, 2.75) is 32.9 Å². The number of hydrogen-bond acceptors (Lipinski definition) is 5. The first-order valence-corrected chi connectivity index (χ1v) is 11.0. The third-order valence-corrected chi connectivity index (χ3v) is 5.82. The van der Waals surface area contributed by atoms with Crippen LogP contribution in [0.25, 0.3) is 0 Å². The predicted molar refractivity (Wildman–Crippen MR) is 124 cm³/mol. The van der Waals surface area contributed by atoms with Gasteiger partial charge < -0.3 is 14.8 Å². The van der Waals surface area contributed by atoms with E-state index in [9.17, 15) is 4.79 Å². The molecule has 1 aliphatic heterocycles. The van der Waals surface area contributed by atoms with Gasteiger partial charge in [0, 0.05) is 39.3 Å². The fraction of sp³-hybridized carbons (Fsp3) is 0.480. The third-order valence-electron chi connectivity index (χ3n) is 5.82. The first-order chi connectivity index (χ1) is 15.0. The quantitative estimate of drug-likeness (QED) is 0.668. The van der Waals surface area contributed by atoms with Crippen LogP contribution in [-0.4, -0.2) is 62.7 Å². The minimum atomic E-state index is 0.0486. The molecule has 0 radical (unpaired) electrons. The number of amides is 1. The van der Waals surface area contributed by atoms with Crippen LogP contribution in [0.3, 0.4) is 0 Å². The van der Waals surface area contributed by atoms with Crippen molar-refractivity contribution in [2.75, 3.05) is 46.9 Å². The maximum Gasteiger partial charge on any atom is 0.234 e. The number of benzene rings is 2. The predicted octanol–water partition coefficient (Wildman–Crippen LogP) is 3.26. The van der Waals surface area contributed by atoms with Gasteiger partial charge in [-0.2, -0.15) is 0 Å². The topological polar surface area (TPSA) is 54.0 Å². The minimum absolute atomic E-state index is 0.0486. The molecule has 2 aromatic rings. The molecule has 0 unspecified atom stereocenters. The average Bonchev–Trinajstić information content (AvgIpc) is 2.79. The molecule has 1 amide bonds. The average molecular weight is 426 g/mol. The van der Waals surface area contributed by atoms with Crippen LogP contribution >= 0.6 is 0 Å². The standard InChI is InChI=1S/C25H35N3O3/c1-19(2)22-8-5-20(6-9-22)17-27-11-13-28(14-12-27)18-25(29)26-16-21-7-10-23(30-3)24(15-21)31-4/h5-10,15,19H,11-14,16-18H2,1-4H3,(H,26,29). The highest BCUT2D eigenvalue weighted by Crippen LogP contribution is 2.27. The summed E-state index contributed by atoms with van der Waals surface area (Å²) < 4.78 is 10.6. The van der Waals surface area contributed by atoms with Crippen molar-refractivity contribution in [3.05, 3.63) is 59.2 Å². The molecule has 1 heterocycles. The van der Waals surface area contributed by atoms with E-state index in [0.29, 0.717) is 30.5 Å². The van der Waals surface area contributed by atoms with Gasteiger partial charge in [-0.25, -0.2) is 0 Å². The van der Waals surface area contributed by atoms with E-state index in [2.05, 4.69) is 53.2 Å². The zero-order valence-corrected chi connectivity index (χ0v) is 19.2. The zero-order valence-electron chi connectivity index (χ0n) is 19.2. The van der Waals surface area contributed by atoms with Crippen molar-refractivity contribution < 1.29 is 14.3 Å². The van der Waals surface area contributed by atoms with Crippen molar-refractivity contribution in [1.29, 1.82) is 0 Å². The molecule has 0 aliphatic carbocycles. The minimum Gasteiger partial charge on any atom is -0.493 e. The Bertz CT molecular complexity index is 844. The van der Waals surface area contributed by atoms with Crippen molar-refractivity contribution in [3.8, 4) is 11.5 Å². The summed E-state index contributed by atoms with van der Waals surface area (Å²) in [7, 11) is 3.22. The van der Waals surface area contributed by atoms with E-state index in [4.69, 9.17) is 9.47 Å². The van der Waals surface area contributed by atoms with Crippen LogP contribution in [-0.2, 0) is 17.9 Å². The number of ether oxygens (including phenoxy) is 2. The van der Waals surface area contributed by atoms with Gasteiger partial charge in [0.15, 0.2) is 11.5 Å². The van der Waals surface area contributed by atoms with E-state index in [1.54, 1.807) is 14.2 Å². The van der Waals surface area contributed by atoms with Gasteiger partial charge in [-0.05, 0) is 34.7 Å². The number of carbonyl (C=O) groups excluding carboxylic acids is 1. The summed E-state index contributed by atoms with van der Waals surface area (Å²) in [6.45, 7) is 10.1. The van der Waals surface area contributed by atoms with E-state index in [0.717, 1.165) is 38.3 Å². The van der Waals surface area contributed by atoms with E-state index >= 15 is 0 Å². The van der Waals surface area contributed by atoms with Crippen LogP contribution in [0, 0.1) is 0 Å². The molecule has 168 valence electrons. The van der Waals surface area contributed by atoms with Gasteiger partial charge in [-0.3, -0.25) is 14.6 Å². The first-order valence-electron chi connectivity index (χ1n) is 11.0. The molecule has 3 rings (SSSR count). The lowest BCUT2D eigenvalue weighted by Crippen LogP contribution is -2.49. The van der Waals surface area contributed by atoms with Crippen LogP contribution in [0.2, 0.25) is 0 Å². The molecule has 0 aromatic heterocycles. The molecule has 0 atom stereocenters. The van der Waals surface area contributed by atoms with Crippen LogP contribution in [0.5, 0.6) is 11.5 Å². The lowest BCUT2D eigenvalue weighted by molar-refractivity contribution is -0.122. The van der Waals surface area contributed by atoms with Crippen molar-refractivity contribution in [1.82, 2.24) is 15.1 Å². The zero-order chi connectivity index (χ0) is 22.2. The Hall–Kier alpha value is -2.57. The second-order valence-corrected chi connectivity index (χ2v) is 8.41. The van der Waals surface area contributed by atoms with Gasteiger partial charge in [0.2, 0.25) is 5.91 Å². The lowest BCUT2D eigenvalue weighted by atomic mass is 10.0. The SMILES string of the molecule is COc1ccc(CNC(=O)CN2CCN(Cc3ccc(C(C)C)cc3)CC2)cc1OC. The smallest absolute Gasteiger partial charge is 0.234 e. The number of nitrogens with one attached hydrogen (secondary N) is 1. The highest BCUT2D eigenvalue weighted by molar-refractivity contribution is 5.78. The Morgan fingerprint density at radius 1 is 0.903 bits per heavy atom. The highest BCUT2D eigenvalue weighted by atomic mass is 16.5. The molecule has 6 heteroatoms. The second kappa shape index (κ2) is 11.2. The number of methoxy groups -OCH3 is 2. The molecule has 1 aliphatic rings. The summed E-state index contributed by atoms with van der Waals surface area (Å²) in [5.74, 6) is 1.97. The normalized spacial score (nSPS) is 15.1. The molecule has 0 spiro atoms. The van der Waals surface area contributed by atoms with Crippen molar-refractivity contribution >= 4 is 5.91 Å². The molecule has 2 aromatic carbocycles. The summed E-state index contributed by atoms with van der Waals surface area (Å²) in [5.41, 5.74) is 3.72. The molecule has 6 nitrogen and oxygen atoms in total. The largest absolute Gasteiger partial charge is 0.493 e.